The zero-order valence-electron chi connectivity index (χ0n) is 14.1. The molecule has 2 atom stereocenters. The predicted octanol–water partition coefficient (Wildman–Crippen LogP) is 2.59. The number of amides is 2. The number of ether oxygens (including phenoxy) is 1. The van der Waals surface area contributed by atoms with Gasteiger partial charge in [0.15, 0.2) is 0 Å². The first-order chi connectivity index (χ1) is 11.6. The molecule has 130 valence electrons. The molecule has 7 heteroatoms. The number of morpholine rings is 1. The normalized spacial score (nSPS) is 21.0. The maximum absolute atomic E-state index is 12.4. The van der Waals surface area contributed by atoms with Gasteiger partial charge in [-0.3, -0.25) is 4.68 Å². The van der Waals surface area contributed by atoms with Gasteiger partial charge < -0.3 is 15.0 Å². The molecule has 0 saturated carbocycles. The average molecular weight is 348 g/mol. The number of carbonyl (C=O) groups is 1. The molecule has 1 fully saturated rings. The van der Waals surface area contributed by atoms with E-state index in [9.17, 15) is 4.79 Å². The predicted molar refractivity (Wildman–Crippen MR) is 94.1 cm³/mol. The van der Waals surface area contributed by atoms with E-state index in [2.05, 4.69) is 21.9 Å². The summed E-state index contributed by atoms with van der Waals surface area (Å²) in [6.45, 7) is 3.92. The third kappa shape index (κ3) is 4.36. The van der Waals surface area contributed by atoms with Gasteiger partial charge >= 0.3 is 6.03 Å². The van der Waals surface area contributed by atoms with Crippen LogP contribution in [0.15, 0.2) is 29.2 Å². The van der Waals surface area contributed by atoms with Crippen LogP contribution in [0.4, 0.5) is 4.79 Å². The molecule has 0 aromatic carbocycles. The van der Waals surface area contributed by atoms with E-state index in [4.69, 9.17) is 4.74 Å². The van der Waals surface area contributed by atoms with E-state index in [1.54, 1.807) is 16.0 Å². The Morgan fingerprint density at radius 2 is 2.38 bits per heavy atom. The largest absolute Gasteiger partial charge is 0.367 e. The summed E-state index contributed by atoms with van der Waals surface area (Å²) < 4.78 is 7.77. The van der Waals surface area contributed by atoms with E-state index in [1.807, 2.05) is 36.6 Å². The molecular weight excluding hydrogens is 324 g/mol. The molecule has 0 unspecified atom stereocenters. The quantitative estimate of drug-likeness (QED) is 0.845. The standard InChI is InChI=1S/C17H24N4O2S/c1-13-9-21(11-16(23-13)15-5-7-24-12-15)17(22)18-6-3-4-14-8-19-20(2)10-14/h5,7-8,10,12-13,16H,3-4,6,9,11H2,1-2H3,(H,18,22)/t13-,16-/m1/s1. The Hall–Kier alpha value is -1.86. The van der Waals surface area contributed by atoms with Crippen molar-refractivity contribution in [3.8, 4) is 0 Å². The lowest BCUT2D eigenvalue weighted by atomic mass is 10.1. The number of rotatable bonds is 5. The van der Waals surface area contributed by atoms with Gasteiger partial charge in [0, 0.05) is 26.3 Å². The summed E-state index contributed by atoms with van der Waals surface area (Å²) >= 11 is 1.65. The first-order valence-electron chi connectivity index (χ1n) is 8.29. The molecule has 2 aromatic rings. The highest BCUT2D eigenvalue weighted by atomic mass is 32.1. The summed E-state index contributed by atoms with van der Waals surface area (Å²) in [7, 11) is 1.91. The second-order valence-corrected chi connectivity index (χ2v) is 7.03. The van der Waals surface area contributed by atoms with Crippen molar-refractivity contribution in [2.24, 2.45) is 7.05 Å². The van der Waals surface area contributed by atoms with Crippen molar-refractivity contribution in [1.29, 1.82) is 0 Å². The molecule has 3 heterocycles. The van der Waals surface area contributed by atoms with Crippen molar-refractivity contribution < 1.29 is 9.53 Å². The van der Waals surface area contributed by atoms with Gasteiger partial charge in [0.25, 0.3) is 0 Å². The first kappa shape index (κ1) is 17.0. The number of nitrogens with zero attached hydrogens (tertiary/aromatic N) is 3. The van der Waals surface area contributed by atoms with Crippen LogP contribution >= 0.6 is 11.3 Å². The SMILES string of the molecule is C[C@@H]1CN(C(=O)NCCCc2cnn(C)c2)C[C@H](c2ccsc2)O1. The Morgan fingerprint density at radius 1 is 1.50 bits per heavy atom. The zero-order chi connectivity index (χ0) is 16.9. The molecular formula is C17H24N4O2S. The Balaban J connectivity index is 1.45. The van der Waals surface area contributed by atoms with Crippen LogP contribution in [0.1, 0.15) is 30.6 Å². The fraction of sp³-hybridized carbons (Fsp3) is 0.529. The second kappa shape index (κ2) is 7.81. The fourth-order valence-corrected chi connectivity index (χ4v) is 3.66. The van der Waals surface area contributed by atoms with E-state index in [-0.39, 0.29) is 18.2 Å². The molecule has 2 aromatic heterocycles. The minimum absolute atomic E-state index is 0.00318. The van der Waals surface area contributed by atoms with Crippen LogP contribution < -0.4 is 5.32 Å². The van der Waals surface area contributed by atoms with Crippen molar-refractivity contribution in [3.05, 3.63) is 40.3 Å². The van der Waals surface area contributed by atoms with Gasteiger partial charge in [-0.05, 0) is 47.7 Å². The Bertz CT molecular complexity index is 655. The van der Waals surface area contributed by atoms with E-state index in [0.29, 0.717) is 19.6 Å². The number of hydrogen-bond donors (Lipinski definition) is 1. The second-order valence-electron chi connectivity index (χ2n) is 6.25. The van der Waals surface area contributed by atoms with Crippen molar-refractivity contribution >= 4 is 17.4 Å². The van der Waals surface area contributed by atoms with Gasteiger partial charge in [0.05, 0.1) is 18.8 Å². The van der Waals surface area contributed by atoms with Gasteiger partial charge in [-0.25, -0.2) is 4.79 Å². The third-order valence-electron chi connectivity index (χ3n) is 4.14. The van der Waals surface area contributed by atoms with E-state index in [1.165, 1.54) is 5.56 Å². The lowest BCUT2D eigenvalue weighted by Gasteiger charge is -2.36. The summed E-state index contributed by atoms with van der Waals surface area (Å²) in [4.78, 5) is 14.3. The summed E-state index contributed by atoms with van der Waals surface area (Å²) in [5, 5.41) is 11.3. The summed E-state index contributed by atoms with van der Waals surface area (Å²) in [6.07, 6.45) is 5.73. The zero-order valence-corrected chi connectivity index (χ0v) is 15.0. The number of urea groups is 1. The number of thiophene rings is 1. The minimum atomic E-state index is -0.0267. The fourth-order valence-electron chi connectivity index (χ4n) is 2.96. The smallest absolute Gasteiger partial charge is 0.317 e. The topological polar surface area (TPSA) is 59.4 Å². The lowest BCUT2D eigenvalue weighted by Crippen LogP contribution is -2.50. The molecule has 2 amide bonds. The highest BCUT2D eigenvalue weighted by Gasteiger charge is 2.29. The van der Waals surface area contributed by atoms with Crippen molar-refractivity contribution in [2.45, 2.75) is 32.0 Å². The maximum Gasteiger partial charge on any atom is 0.317 e. The van der Waals surface area contributed by atoms with Gasteiger partial charge in [0.2, 0.25) is 0 Å². The average Bonchev–Trinajstić information content (AvgIpc) is 3.22. The number of aromatic nitrogens is 2. The molecule has 0 spiro atoms. The molecule has 1 N–H and O–H groups in total. The summed E-state index contributed by atoms with van der Waals surface area (Å²) in [5.74, 6) is 0. The van der Waals surface area contributed by atoms with Gasteiger partial charge in [-0.1, -0.05) is 0 Å². The number of aryl methyl sites for hydroxylation is 2. The molecule has 0 bridgehead atoms. The Kier molecular flexibility index (Phi) is 5.52. The Morgan fingerprint density at radius 3 is 3.08 bits per heavy atom. The van der Waals surface area contributed by atoms with E-state index >= 15 is 0 Å². The minimum Gasteiger partial charge on any atom is -0.367 e. The van der Waals surface area contributed by atoms with Gasteiger partial charge in [-0.2, -0.15) is 16.4 Å². The number of nitrogens with one attached hydrogen (secondary N) is 1. The van der Waals surface area contributed by atoms with Crippen LogP contribution in [0.2, 0.25) is 0 Å². The van der Waals surface area contributed by atoms with Crippen LogP contribution in [0.5, 0.6) is 0 Å². The molecule has 24 heavy (non-hydrogen) atoms. The molecule has 1 saturated heterocycles. The molecule has 1 aliphatic rings. The third-order valence-corrected chi connectivity index (χ3v) is 4.84. The Labute approximate surface area is 146 Å². The van der Waals surface area contributed by atoms with E-state index < -0.39 is 0 Å². The van der Waals surface area contributed by atoms with Crippen molar-refractivity contribution in [3.63, 3.8) is 0 Å². The van der Waals surface area contributed by atoms with Crippen LogP contribution in [-0.4, -0.2) is 46.4 Å². The first-order valence-corrected chi connectivity index (χ1v) is 9.24. The van der Waals surface area contributed by atoms with Gasteiger partial charge in [-0.15, -0.1) is 0 Å². The molecule has 0 radical (unpaired) electrons. The summed E-state index contributed by atoms with van der Waals surface area (Å²) in [5.41, 5.74) is 2.35. The molecule has 3 rings (SSSR count). The van der Waals surface area contributed by atoms with Crippen LogP contribution in [0.25, 0.3) is 0 Å². The van der Waals surface area contributed by atoms with Gasteiger partial charge in [0.1, 0.15) is 6.10 Å². The summed E-state index contributed by atoms with van der Waals surface area (Å²) in [6, 6.07) is 2.06. The van der Waals surface area contributed by atoms with Crippen LogP contribution in [0.3, 0.4) is 0 Å². The molecule has 0 aliphatic carbocycles. The van der Waals surface area contributed by atoms with Crippen molar-refractivity contribution in [1.82, 2.24) is 20.0 Å². The lowest BCUT2D eigenvalue weighted by molar-refractivity contribution is -0.0654. The maximum atomic E-state index is 12.4. The number of carbonyl (C=O) groups excluding carboxylic acids is 1. The van der Waals surface area contributed by atoms with Crippen LogP contribution in [0, 0.1) is 0 Å². The number of hydrogen-bond acceptors (Lipinski definition) is 4. The highest BCUT2D eigenvalue weighted by Crippen LogP contribution is 2.26. The van der Waals surface area contributed by atoms with Crippen LogP contribution in [-0.2, 0) is 18.2 Å². The monoisotopic (exact) mass is 348 g/mol. The van der Waals surface area contributed by atoms with Crippen molar-refractivity contribution in [2.75, 3.05) is 19.6 Å². The highest BCUT2D eigenvalue weighted by molar-refractivity contribution is 7.07. The molecule has 6 nitrogen and oxygen atoms in total. The van der Waals surface area contributed by atoms with E-state index in [0.717, 1.165) is 18.4 Å². The molecule has 1 aliphatic heterocycles.